The first-order valence-corrected chi connectivity index (χ1v) is 10.3. The molecule has 0 radical (unpaired) electrons. The Balaban J connectivity index is 1.38. The molecule has 1 aromatic rings. The Morgan fingerprint density at radius 1 is 1.11 bits per heavy atom. The molecule has 1 aromatic carbocycles. The van der Waals surface area contributed by atoms with Crippen LogP contribution in [0.2, 0.25) is 0 Å². The van der Waals surface area contributed by atoms with Gasteiger partial charge in [0.15, 0.2) is 0 Å². The standard InChI is InChI=1S/C21H30N4O2/c1-14-7-8-15(13-19(14)25-12-11-22-21(25)27)20(26)24-18-10-9-17(18)23-16-5-3-2-4-6-16/h7-8,13,16-18,23H,2-6,9-12H2,1H3,(H,22,27)(H,24,26)/t17-,18+/m1/s1. The van der Waals surface area contributed by atoms with Crippen LogP contribution in [0.15, 0.2) is 18.2 Å². The monoisotopic (exact) mass is 370 g/mol. The zero-order chi connectivity index (χ0) is 18.8. The second kappa shape index (κ2) is 7.89. The van der Waals surface area contributed by atoms with Gasteiger partial charge in [-0.3, -0.25) is 9.69 Å². The molecular formula is C21H30N4O2. The predicted octanol–water partition coefficient (Wildman–Crippen LogP) is 2.71. The molecule has 27 heavy (non-hydrogen) atoms. The van der Waals surface area contributed by atoms with Crippen molar-refractivity contribution < 1.29 is 9.59 Å². The largest absolute Gasteiger partial charge is 0.348 e. The van der Waals surface area contributed by atoms with Gasteiger partial charge in [-0.2, -0.15) is 0 Å². The molecule has 146 valence electrons. The van der Waals surface area contributed by atoms with Crippen LogP contribution in [0.1, 0.15) is 60.9 Å². The Kier molecular flexibility index (Phi) is 5.34. The Bertz CT molecular complexity index is 714. The summed E-state index contributed by atoms with van der Waals surface area (Å²) in [6, 6.07) is 6.75. The van der Waals surface area contributed by atoms with Crippen LogP contribution in [0.4, 0.5) is 10.5 Å². The van der Waals surface area contributed by atoms with Gasteiger partial charge >= 0.3 is 6.03 Å². The maximum absolute atomic E-state index is 12.8. The van der Waals surface area contributed by atoms with Crippen LogP contribution >= 0.6 is 0 Å². The average Bonchev–Trinajstić information content (AvgIpc) is 3.10. The quantitative estimate of drug-likeness (QED) is 0.746. The van der Waals surface area contributed by atoms with Gasteiger partial charge in [0, 0.05) is 42.5 Å². The maximum Gasteiger partial charge on any atom is 0.322 e. The minimum atomic E-state index is -0.0913. The summed E-state index contributed by atoms with van der Waals surface area (Å²) in [7, 11) is 0. The van der Waals surface area contributed by atoms with E-state index in [1.807, 2.05) is 25.1 Å². The average molecular weight is 370 g/mol. The second-order valence-electron chi connectivity index (χ2n) is 8.15. The first-order chi connectivity index (χ1) is 13.1. The molecule has 1 heterocycles. The van der Waals surface area contributed by atoms with E-state index >= 15 is 0 Å². The number of anilines is 1. The van der Waals surface area contributed by atoms with Crippen LogP contribution in [0, 0.1) is 6.92 Å². The van der Waals surface area contributed by atoms with Crippen LogP contribution in [-0.4, -0.2) is 43.2 Å². The highest BCUT2D eigenvalue weighted by Crippen LogP contribution is 2.26. The van der Waals surface area contributed by atoms with Crippen LogP contribution in [0.3, 0.4) is 0 Å². The summed E-state index contributed by atoms with van der Waals surface area (Å²) in [4.78, 5) is 26.5. The normalized spacial score (nSPS) is 25.8. The number of nitrogens with one attached hydrogen (secondary N) is 3. The summed E-state index contributed by atoms with van der Waals surface area (Å²) >= 11 is 0. The van der Waals surface area contributed by atoms with E-state index in [4.69, 9.17) is 0 Å². The van der Waals surface area contributed by atoms with Crippen molar-refractivity contribution in [3.8, 4) is 0 Å². The van der Waals surface area contributed by atoms with Crippen molar-refractivity contribution in [3.63, 3.8) is 0 Å². The highest BCUT2D eigenvalue weighted by molar-refractivity contribution is 5.99. The number of carbonyl (C=O) groups is 2. The lowest BCUT2D eigenvalue weighted by Crippen LogP contribution is -2.59. The lowest BCUT2D eigenvalue weighted by Gasteiger charge is -2.41. The number of amides is 3. The summed E-state index contributed by atoms with van der Waals surface area (Å²) in [6.45, 7) is 3.25. The number of urea groups is 1. The summed E-state index contributed by atoms with van der Waals surface area (Å²) in [5, 5.41) is 9.77. The third-order valence-electron chi connectivity index (χ3n) is 6.26. The van der Waals surface area contributed by atoms with Crippen molar-refractivity contribution in [2.75, 3.05) is 18.0 Å². The number of carbonyl (C=O) groups excluding carboxylic acids is 2. The molecule has 0 bridgehead atoms. The lowest BCUT2D eigenvalue weighted by molar-refractivity contribution is 0.0885. The molecule has 6 nitrogen and oxygen atoms in total. The van der Waals surface area contributed by atoms with E-state index in [1.54, 1.807) is 4.90 Å². The van der Waals surface area contributed by atoms with Crippen molar-refractivity contribution in [2.24, 2.45) is 0 Å². The fourth-order valence-corrected chi connectivity index (χ4v) is 4.44. The summed E-state index contributed by atoms with van der Waals surface area (Å²) in [5.41, 5.74) is 2.45. The highest BCUT2D eigenvalue weighted by atomic mass is 16.2. The van der Waals surface area contributed by atoms with Gasteiger partial charge in [0.25, 0.3) is 5.91 Å². The van der Waals surface area contributed by atoms with Crippen LogP contribution in [0.25, 0.3) is 0 Å². The fourth-order valence-electron chi connectivity index (χ4n) is 4.44. The summed E-state index contributed by atoms with van der Waals surface area (Å²) in [5.74, 6) is -0.0454. The van der Waals surface area contributed by atoms with Crippen LogP contribution < -0.4 is 20.9 Å². The Morgan fingerprint density at radius 2 is 1.89 bits per heavy atom. The zero-order valence-electron chi connectivity index (χ0n) is 16.1. The van der Waals surface area contributed by atoms with Crippen molar-refractivity contribution in [1.29, 1.82) is 0 Å². The van der Waals surface area contributed by atoms with Gasteiger partial charge in [0.2, 0.25) is 0 Å². The molecule has 4 rings (SSSR count). The van der Waals surface area contributed by atoms with Gasteiger partial charge in [0.05, 0.1) is 0 Å². The van der Waals surface area contributed by atoms with Crippen molar-refractivity contribution >= 4 is 17.6 Å². The van der Waals surface area contributed by atoms with E-state index in [0.29, 0.717) is 30.7 Å². The number of nitrogens with zero attached hydrogens (tertiary/aromatic N) is 1. The van der Waals surface area contributed by atoms with Crippen molar-refractivity contribution in [2.45, 2.75) is 70.0 Å². The van der Waals surface area contributed by atoms with E-state index in [2.05, 4.69) is 16.0 Å². The third kappa shape index (κ3) is 3.95. The molecule has 2 aliphatic carbocycles. The molecule has 1 saturated heterocycles. The lowest BCUT2D eigenvalue weighted by atomic mass is 9.84. The molecule has 3 aliphatic rings. The van der Waals surface area contributed by atoms with E-state index in [9.17, 15) is 9.59 Å². The van der Waals surface area contributed by atoms with Crippen molar-refractivity contribution in [3.05, 3.63) is 29.3 Å². The molecule has 0 aromatic heterocycles. The zero-order valence-corrected chi connectivity index (χ0v) is 16.1. The van der Waals surface area contributed by atoms with Gasteiger partial charge in [0.1, 0.15) is 0 Å². The number of benzene rings is 1. The molecule has 0 unspecified atom stereocenters. The predicted molar refractivity (Wildman–Crippen MR) is 106 cm³/mol. The maximum atomic E-state index is 12.8. The van der Waals surface area contributed by atoms with E-state index in [0.717, 1.165) is 24.1 Å². The first kappa shape index (κ1) is 18.3. The van der Waals surface area contributed by atoms with Crippen LogP contribution in [0.5, 0.6) is 0 Å². The van der Waals surface area contributed by atoms with Gasteiger partial charge in [-0.1, -0.05) is 25.3 Å². The van der Waals surface area contributed by atoms with Crippen LogP contribution in [-0.2, 0) is 0 Å². The number of rotatable bonds is 5. The molecule has 3 N–H and O–H groups in total. The van der Waals surface area contributed by atoms with Gasteiger partial charge in [-0.25, -0.2) is 4.79 Å². The molecule has 3 fully saturated rings. The molecule has 6 heteroatoms. The Hall–Kier alpha value is -2.08. The topological polar surface area (TPSA) is 73.5 Å². The SMILES string of the molecule is Cc1ccc(C(=O)N[C@H]2CC[C@H]2NC2CCCCC2)cc1N1CCNC1=O. The minimum Gasteiger partial charge on any atom is -0.348 e. The fraction of sp³-hybridized carbons (Fsp3) is 0.619. The first-order valence-electron chi connectivity index (χ1n) is 10.3. The van der Waals surface area contributed by atoms with Gasteiger partial charge in [-0.15, -0.1) is 0 Å². The summed E-state index contributed by atoms with van der Waals surface area (Å²) in [6.07, 6.45) is 8.67. The number of hydrogen-bond donors (Lipinski definition) is 3. The molecule has 3 amide bonds. The minimum absolute atomic E-state index is 0.0454. The molecule has 1 aliphatic heterocycles. The molecule has 2 saturated carbocycles. The highest BCUT2D eigenvalue weighted by Gasteiger charge is 2.34. The Morgan fingerprint density at radius 3 is 2.56 bits per heavy atom. The molecular weight excluding hydrogens is 340 g/mol. The second-order valence-corrected chi connectivity index (χ2v) is 8.15. The number of aryl methyl sites for hydroxylation is 1. The molecule has 0 spiro atoms. The Labute approximate surface area is 161 Å². The molecule has 2 atom stereocenters. The summed E-state index contributed by atoms with van der Waals surface area (Å²) < 4.78 is 0. The third-order valence-corrected chi connectivity index (χ3v) is 6.26. The van der Waals surface area contributed by atoms with E-state index < -0.39 is 0 Å². The van der Waals surface area contributed by atoms with Gasteiger partial charge in [-0.05, 0) is 50.3 Å². The number of hydrogen-bond acceptors (Lipinski definition) is 3. The smallest absolute Gasteiger partial charge is 0.322 e. The van der Waals surface area contributed by atoms with E-state index in [1.165, 1.54) is 32.1 Å². The van der Waals surface area contributed by atoms with E-state index in [-0.39, 0.29) is 18.0 Å². The van der Waals surface area contributed by atoms with Gasteiger partial charge < -0.3 is 16.0 Å². The van der Waals surface area contributed by atoms with Crippen molar-refractivity contribution in [1.82, 2.24) is 16.0 Å².